The zero-order valence-electron chi connectivity index (χ0n) is 23.0. The molecular formula is C33H44BrNO3. The molecule has 1 fully saturated rings. The van der Waals surface area contributed by atoms with Gasteiger partial charge in [-0.1, -0.05) is 149 Å². The first-order valence-corrected chi connectivity index (χ1v) is 15.4. The molecule has 206 valence electrons. The molecule has 0 radical (unpaired) electrons. The summed E-state index contributed by atoms with van der Waals surface area (Å²) < 4.78 is 0.800. The van der Waals surface area contributed by atoms with Crippen molar-refractivity contribution < 1.29 is 14.7 Å². The van der Waals surface area contributed by atoms with E-state index in [1.54, 1.807) is 23.1 Å². The monoisotopic (exact) mass is 581 g/mol. The first-order chi connectivity index (χ1) is 18.5. The fourth-order valence-corrected chi connectivity index (χ4v) is 5.76. The normalized spacial score (nSPS) is 16.9. The van der Waals surface area contributed by atoms with Gasteiger partial charge in [-0.2, -0.15) is 0 Å². The van der Waals surface area contributed by atoms with Crippen LogP contribution in [0, 0.1) is 0 Å². The average Bonchev–Trinajstić information content (AvgIpc) is 3.18. The van der Waals surface area contributed by atoms with Crippen molar-refractivity contribution in [3.8, 4) is 0 Å². The molecule has 1 aliphatic rings. The highest BCUT2D eigenvalue weighted by atomic mass is 79.9. The molecule has 1 unspecified atom stereocenters. The summed E-state index contributed by atoms with van der Waals surface area (Å²) in [6, 6.07) is 16.2. The molecule has 2 aromatic carbocycles. The van der Waals surface area contributed by atoms with Crippen LogP contribution in [0.5, 0.6) is 0 Å². The number of rotatable bonds is 17. The topological polar surface area (TPSA) is 57.6 Å². The number of halogens is 1. The Morgan fingerprint density at radius 3 is 1.87 bits per heavy atom. The van der Waals surface area contributed by atoms with Crippen LogP contribution in [0.2, 0.25) is 0 Å². The Hall–Kier alpha value is -2.40. The number of amides is 1. The van der Waals surface area contributed by atoms with E-state index in [0.717, 1.165) is 29.3 Å². The number of carbonyl (C=O) groups excluding carboxylic acids is 2. The van der Waals surface area contributed by atoms with Crippen LogP contribution in [-0.2, 0) is 9.59 Å². The van der Waals surface area contributed by atoms with Gasteiger partial charge in [0.1, 0.15) is 5.76 Å². The minimum absolute atomic E-state index is 0.123. The summed E-state index contributed by atoms with van der Waals surface area (Å²) in [4.78, 5) is 27.9. The quantitative estimate of drug-likeness (QED) is 0.0875. The van der Waals surface area contributed by atoms with Crippen molar-refractivity contribution in [2.75, 3.05) is 6.54 Å². The lowest BCUT2D eigenvalue weighted by Crippen LogP contribution is -2.30. The molecule has 1 atom stereocenters. The number of hydrogen-bond acceptors (Lipinski definition) is 3. The van der Waals surface area contributed by atoms with Crippen LogP contribution < -0.4 is 0 Å². The van der Waals surface area contributed by atoms with Crippen LogP contribution >= 0.6 is 15.9 Å². The summed E-state index contributed by atoms with van der Waals surface area (Å²) in [6.07, 6.45) is 17.8. The Bertz CT molecular complexity index is 1050. The highest BCUT2D eigenvalue weighted by Gasteiger charge is 2.45. The number of aliphatic hydroxyl groups excluding tert-OH is 1. The van der Waals surface area contributed by atoms with Crippen LogP contribution in [-0.4, -0.2) is 28.2 Å². The molecular weight excluding hydrogens is 538 g/mol. The van der Waals surface area contributed by atoms with Crippen molar-refractivity contribution in [2.24, 2.45) is 0 Å². The molecule has 2 aromatic rings. The van der Waals surface area contributed by atoms with Gasteiger partial charge in [-0.25, -0.2) is 0 Å². The van der Waals surface area contributed by atoms with Gasteiger partial charge in [0.05, 0.1) is 11.6 Å². The standard InChI is InChI=1S/C33H44BrNO3/c1-2-3-4-5-6-7-8-9-10-11-12-13-14-18-24-35-30(26-20-16-15-17-21-26)29(32(37)33(35)38)31(36)27-22-19-23-28(34)25-27/h15-17,19-23,25,30,36H,2-14,18,24H2,1H3/b31-29-. The lowest BCUT2D eigenvalue weighted by Gasteiger charge is -2.25. The molecule has 1 N–H and O–H groups in total. The second-order valence-corrected chi connectivity index (χ2v) is 11.4. The van der Waals surface area contributed by atoms with Crippen LogP contribution in [0.3, 0.4) is 0 Å². The molecule has 1 aliphatic heterocycles. The molecule has 0 aliphatic carbocycles. The minimum atomic E-state index is -0.610. The summed E-state index contributed by atoms with van der Waals surface area (Å²) in [5.41, 5.74) is 1.54. The Kier molecular flexibility index (Phi) is 13.1. The molecule has 5 heteroatoms. The van der Waals surface area contributed by atoms with Crippen molar-refractivity contribution in [2.45, 2.75) is 103 Å². The van der Waals surface area contributed by atoms with Gasteiger partial charge in [0, 0.05) is 16.6 Å². The molecule has 0 spiro atoms. The number of benzene rings is 2. The lowest BCUT2D eigenvalue weighted by atomic mass is 9.95. The van der Waals surface area contributed by atoms with Crippen molar-refractivity contribution in [1.29, 1.82) is 0 Å². The van der Waals surface area contributed by atoms with Crippen LogP contribution in [0.4, 0.5) is 0 Å². The molecule has 0 saturated carbocycles. The second-order valence-electron chi connectivity index (χ2n) is 10.5. The Balaban J connectivity index is 1.50. The van der Waals surface area contributed by atoms with E-state index in [9.17, 15) is 14.7 Å². The maximum absolute atomic E-state index is 13.1. The number of hydrogen-bond donors (Lipinski definition) is 1. The van der Waals surface area contributed by atoms with E-state index < -0.39 is 17.7 Å². The van der Waals surface area contributed by atoms with Crippen molar-refractivity contribution in [3.05, 3.63) is 75.8 Å². The Morgan fingerprint density at radius 1 is 0.763 bits per heavy atom. The number of ketones is 1. The average molecular weight is 583 g/mol. The van der Waals surface area contributed by atoms with E-state index in [1.807, 2.05) is 36.4 Å². The summed E-state index contributed by atoms with van der Waals surface area (Å²) in [7, 11) is 0. The molecule has 4 nitrogen and oxygen atoms in total. The molecule has 1 heterocycles. The maximum Gasteiger partial charge on any atom is 0.295 e. The third kappa shape index (κ3) is 8.83. The third-order valence-corrected chi connectivity index (χ3v) is 8.00. The van der Waals surface area contributed by atoms with Gasteiger partial charge < -0.3 is 10.0 Å². The number of nitrogens with zero attached hydrogens (tertiary/aromatic N) is 1. The van der Waals surface area contributed by atoms with E-state index in [4.69, 9.17) is 0 Å². The van der Waals surface area contributed by atoms with Crippen molar-refractivity contribution in [1.82, 2.24) is 4.90 Å². The Morgan fingerprint density at radius 2 is 1.32 bits per heavy atom. The number of carbonyl (C=O) groups is 2. The van der Waals surface area contributed by atoms with Gasteiger partial charge in [-0.05, 0) is 24.1 Å². The van der Waals surface area contributed by atoms with E-state index >= 15 is 0 Å². The first kappa shape index (κ1) is 30.1. The lowest BCUT2D eigenvalue weighted by molar-refractivity contribution is -0.139. The van der Waals surface area contributed by atoms with Crippen molar-refractivity contribution in [3.63, 3.8) is 0 Å². The number of aliphatic hydroxyl groups is 1. The van der Waals surface area contributed by atoms with Crippen LogP contribution in [0.25, 0.3) is 5.76 Å². The number of likely N-dealkylation sites (tertiary alicyclic amines) is 1. The maximum atomic E-state index is 13.1. The Labute approximate surface area is 237 Å². The fraction of sp³-hybridized carbons (Fsp3) is 0.515. The second kappa shape index (κ2) is 16.5. The van der Waals surface area contributed by atoms with Gasteiger partial charge >= 0.3 is 0 Å². The predicted octanol–water partition coefficient (Wildman–Crippen LogP) is 9.35. The molecule has 0 aromatic heterocycles. The zero-order chi connectivity index (χ0) is 27.2. The molecule has 1 amide bonds. The molecule has 1 saturated heterocycles. The smallest absolute Gasteiger partial charge is 0.295 e. The first-order valence-electron chi connectivity index (χ1n) is 14.6. The van der Waals surface area contributed by atoms with E-state index in [1.165, 1.54) is 70.6 Å². The summed E-state index contributed by atoms with van der Waals surface area (Å²) in [5, 5.41) is 11.1. The molecule has 38 heavy (non-hydrogen) atoms. The number of Topliss-reactive ketones (excluding diaryl/α,β-unsaturated/α-hetero) is 1. The molecule has 3 rings (SSSR count). The predicted molar refractivity (Wildman–Crippen MR) is 160 cm³/mol. The SMILES string of the molecule is CCCCCCCCCCCCCCCCN1C(=O)C(=O)/C(=C(\O)c2cccc(Br)c2)C1c1ccccc1. The van der Waals surface area contributed by atoms with E-state index in [2.05, 4.69) is 22.9 Å². The number of unbranched alkanes of at least 4 members (excludes halogenated alkanes) is 13. The summed E-state index contributed by atoms with van der Waals surface area (Å²) in [5.74, 6) is -1.26. The highest BCUT2D eigenvalue weighted by Crippen LogP contribution is 2.39. The van der Waals surface area contributed by atoms with Crippen molar-refractivity contribution >= 4 is 33.4 Å². The third-order valence-electron chi connectivity index (χ3n) is 7.51. The largest absolute Gasteiger partial charge is 0.507 e. The van der Waals surface area contributed by atoms with Gasteiger partial charge in [-0.15, -0.1) is 0 Å². The van der Waals surface area contributed by atoms with Gasteiger partial charge in [-0.3, -0.25) is 9.59 Å². The molecule has 0 bridgehead atoms. The summed E-state index contributed by atoms with van der Waals surface area (Å²) >= 11 is 3.43. The van der Waals surface area contributed by atoms with Crippen LogP contribution in [0.1, 0.15) is 114 Å². The van der Waals surface area contributed by atoms with Gasteiger partial charge in [0.2, 0.25) is 0 Å². The highest BCUT2D eigenvalue weighted by molar-refractivity contribution is 9.10. The minimum Gasteiger partial charge on any atom is -0.507 e. The van der Waals surface area contributed by atoms with Gasteiger partial charge in [0.15, 0.2) is 0 Å². The van der Waals surface area contributed by atoms with Gasteiger partial charge in [0.25, 0.3) is 11.7 Å². The zero-order valence-corrected chi connectivity index (χ0v) is 24.6. The van der Waals surface area contributed by atoms with E-state index in [0.29, 0.717) is 12.1 Å². The fourth-order valence-electron chi connectivity index (χ4n) is 5.36. The van der Waals surface area contributed by atoms with E-state index in [-0.39, 0.29) is 11.3 Å². The van der Waals surface area contributed by atoms with Crippen LogP contribution in [0.15, 0.2) is 64.6 Å². The summed E-state index contributed by atoms with van der Waals surface area (Å²) in [6.45, 7) is 2.77.